The third-order valence-corrected chi connectivity index (χ3v) is 4.42. The van der Waals surface area contributed by atoms with Gasteiger partial charge < -0.3 is 16.4 Å². The number of nitrogen functional groups attached to an aromatic ring is 1. The summed E-state index contributed by atoms with van der Waals surface area (Å²) >= 11 is 6.14. The lowest BCUT2D eigenvalue weighted by Crippen LogP contribution is -2.43. The number of carbonyl (C=O) groups excluding carboxylic acids is 1. The zero-order chi connectivity index (χ0) is 17.1. The van der Waals surface area contributed by atoms with E-state index in [2.05, 4.69) is 14.9 Å². The van der Waals surface area contributed by atoms with Gasteiger partial charge in [-0.25, -0.2) is 9.97 Å². The molecular formula is C17H20ClN5O. The molecule has 1 aliphatic heterocycles. The first-order valence-corrected chi connectivity index (χ1v) is 8.31. The Balaban J connectivity index is 1.88. The molecule has 1 aromatic carbocycles. The van der Waals surface area contributed by atoms with Crippen LogP contribution >= 0.6 is 11.6 Å². The summed E-state index contributed by atoms with van der Waals surface area (Å²) in [5.74, 6) is -0.0310. The number of aromatic nitrogens is 2. The highest BCUT2D eigenvalue weighted by molar-refractivity contribution is 6.30. The van der Waals surface area contributed by atoms with E-state index in [0.717, 1.165) is 37.2 Å². The fraction of sp³-hybridized carbons (Fsp3) is 0.353. The average Bonchev–Trinajstić information content (AvgIpc) is 2.55. The SMILES string of the molecule is Nc1nccnc1C(=O)Cc1cc(Cl)ccc1N1CCCC(N)C1. The molecule has 0 radical (unpaired) electrons. The van der Waals surface area contributed by atoms with Crippen LogP contribution in [0, 0.1) is 0 Å². The monoisotopic (exact) mass is 345 g/mol. The quantitative estimate of drug-likeness (QED) is 0.823. The van der Waals surface area contributed by atoms with E-state index in [1.807, 2.05) is 18.2 Å². The molecule has 1 atom stereocenters. The van der Waals surface area contributed by atoms with Crippen LogP contribution in [0.15, 0.2) is 30.6 Å². The molecule has 126 valence electrons. The number of hydrogen-bond acceptors (Lipinski definition) is 6. The Morgan fingerprint density at radius 1 is 1.33 bits per heavy atom. The van der Waals surface area contributed by atoms with Gasteiger partial charge in [-0.05, 0) is 36.6 Å². The van der Waals surface area contributed by atoms with Crippen molar-refractivity contribution in [2.45, 2.75) is 25.3 Å². The van der Waals surface area contributed by atoms with Gasteiger partial charge in [0.05, 0.1) is 0 Å². The van der Waals surface area contributed by atoms with Gasteiger partial charge in [0.1, 0.15) is 5.69 Å². The zero-order valence-electron chi connectivity index (χ0n) is 13.3. The van der Waals surface area contributed by atoms with Crippen molar-refractivity contribution < 1.29 is 4.79 Å². The number of anilines is 2. The molecule has 6 nitrogen and oxygen atoms in total. The van der Waals surface area contributed by atoms with Crippen LogP contribution in [0.2, 0.25) is 5.02 Å². The number of carbonyl (C=O) groups is 1. The third-order valence-electron chi connectivity index (χ3n) is 4.18. The second-order valence-electron chi connectivity index (χ2n) is 6.01. The molecule has 0 amide bonds. The van der Waals surface area contributed by atoms with Crippen LogP contribution in [0.5, 0.6) is 0 Å². The predicted molar refractivity (Wildman–Crippen MR) is 95.4 cm³/mol. The average molecular weight is 346 g/mol. The molecule has 1 aromatic heterocycles. The number of halogens is 1. The maximum atomic E-state index is 12.6. The smallest absolute Gasteiger partial charge is 0.189 e. The van der Waals surface area contributed by atoms with Crippen molar-refractivity contribution >= 4 is 28.9 Å². The molecule has 2 aromatic rings. The molecule has 1 aliphatic rings. The minimum atomic E-state index is -0.176. The molecular weight excluding hydrogens is 326 g/mol. The van der Waals surface area contributed by atoms with Crippen LogP contribution in [0.3, 0.4) is 0 Å². The Morgan fingerprint density at radius 2 is 2.12 bits per heavy atom. The summed E-state index contributed by atoms with van der Waals surface area (Å²) in [6.07, 6.45) is 5.16. The maximum Gasteiger partial charge on any atom is 0.189 e. The Bertz CT molecular complexity index is 752. The van der Waals surface area contributed by atoms with Crippen LogP contribution in [0.4, 0.5) is 11.5 Å². The van der Waals surface area contributed by atoms with E-state index < -0.39 is 0 Å². The minimum Gasteiger partial charge on any atom is -0.382 e. The topological polar surface area (TPSA) is 98.1 Å². The first-order chi connectivity index (χ1) is 11.5. The van der Waals surface area contributed by atoms with E-state index in [0.29, 0.717) is 5.02 Å². The van der Waals surface area contributed by atoms with Gasteiger partial charge >= 0.3 is 0 Å². The standard InChI is InChI=1S/C17H20ClN5O/c18-12-3-4-14(23-7-1-2-13(19)10-23)11(8-12)9-15(24)16-17(20)22-6-5-21-16/h3-6,8,13H,1-2,7,9-10,19H2,(H2,20,22). The Morgan fingerprint density at radius 3 is 2.88 bits per heavy atom. The molecule has 2 heterocycles. The normalized spacial score (nSPS) is 17.8. The first kappa shape index (κ1) is 16.7. The molecule has 1 unspecified atom stereocenters. The van der Waals surface area contributed by atoms with Crippen molar-refractivity contribution in [3.05, 3.63) is 46.9 Å². The molecule has 0 spiro atoms. The van der Waals surface area contributed by atoms with Gasteiger partial charge in [-0.1, -0.05) is 11.6 Å². The summed E-state index contributed by atoms with van der Waals surface area (Å²) in [6, 6.07) is 5.75. The zero-order valence-corrected chi connectivity index (χ0v) is 14.0. The highest BCUT2D eigenvalue weighted by atomic mass is 35.5. The number of Topliss-reactive ketones (excluding diaryl/α,β-unsaturated/α-hetero) is 1. The fourth-order valence-corrected chi connectivity index (χ4v) is 3.25. The van der Waals surface area contributed by atoms with Gasteiger partial charge in [0.25, 0.3) is 0 Å². The lowest BCUT2D eigenvalue weighted by Gasteiger charge is -2.34. The number of rotatable bonds is 4. The van der Waals surface area contributed by atoms with Crippen molar-refractivity contribution in [3.8, 4) is 0 Å². The second kappa shape index (κ2) is 7.15. The van der Waals surface area contributed by atoms with E-state index in [1.165, 1.54) is 12.4 Å². The number of ketones is 1. The van der Waals surface area contributed by atoms with Crippen LogP contribution in [0.25, 0.3) is 0 Å². The Hall–Kier alpha value is -2.18. The van der Waals surface area contributed by atoms with E-state index in [9.17, 15) is 4.79 Å². The number of benzene rings is 1. The summed E-state index contributed by atoms with van der Waals surface area (Å²) in [5, 5.41) is 0.593. The molecule has 0 bridgehead atoms. The Labute approximate surface area is 145 Å². The van der Waals surface area contributed by atoms with Gasteiger partial charge in [0, 0.05) is 48.7 Å². The summed E-state index contributed by atoms with van der Waals surface area (Å²) in [4.78, 5) is 22.8. The van der Waals surface area contributed by atoms with Gasteiger partial charge in [0.2, 0.25) is 0 Å². The molecule has 1 fully saturated rings. The second-order valence-corrected chi connectivity index (χ2v) is 6.45. The first-order valence-electron chi connectivity index (χ1n) is 7.93. The summed E-state index contributed by atoms with van der Waals surface area (Å²) in [5.41, 5.74) is 13.9. The minimum absolute atomic E-state index is 0.145. The van der Waals surface area contributed by atoms with Gasteiger partial charge in [0.15, 0.2) is 11.6 Å². The molecule has 24 heavy (non-hydrogen) atoms. The summed E-state index contributed by atoms with van der Waals surface area (Å²) in [7, 11) is 0. The van der Waals surface area contributed by atoms with Crippen molar-refractivity contribution in [1.82, 2.24) is 9.97 Å². The van der Waals surface area contributed by atoms with Gasteiger partial charge in [-0.15, -0.1) is 0 Å². The molecule has 0 saturated carbocycles. The number of hydrogen-bond donors (Lipinski definition) is 2. The van der Waals surface area contributed by atoms with Gasteiger partial charge in [-0.2, -0.15) is 0 Å². The predicted octanol–water partition coefficient (Wildman–Crippen LogP) is 2.07. The number of nitrogens with two attached hydrogens (primary N) is 2. The number of piperidine rings is 1. The number of nitrogens with zero attached hydrogens (tertiary/aromatic N) is 3. The lowest BCUT2D eigenvalue weighted by atomic mass is 10.0. The summed E-state index contributed by atoms with van der Waals surface area (Å²) < 4.78 is 0. The van der Waals surface area contributed by atoms with Crippen LogP contribution < -0.4 is 16.4 Å². The highest BCUT2D eigenvalue weighted by Crippen LogP contribution is 2.28. The maximum absolute atomic E-state index is 12.6. The van der Waals surface area contributed by atoms with Crippen molar-refractivity contribution in [3.63, 3.8) is 0 Å². The van der Waals surface area contributed by atoms with Crippen LogP contribution in [0.1, 0.15) is 28.9 Å². The van der Waals surface area contributed by atoms with Gasteiger partial charge in [-0.3, -0.25) is 4.79 Å². The highest BCUT2D eigenvalue weighted by Gasteiger charge is 2.21. The molecule has 4 N–H and O–H groups in total. The molecule has 3 rings (SSSR count). The molecule has 1 saturated heterocycles. The fourth-order valence-electron chi connectivity index (χ4n) is 3.05. The van der Waals surface area contributed by atoms with E-state index >= 15 is 0 Å². The largest absolute Gasteiger partial charge is 0.382 e. The van der Waals surface area contributed by atoms with Crippen molar-refractivity contribution in [1.29, 1.82) is 0 Å². The van der Waals surface area contributed by atoms with E-state index in [-0.39, 0.29) is 29.8 Å². The molecule has 7 heteroatoms. The lowest BCUT2D eigenvalue weighted by molar-refractivity contribution is 0.0989. The van der Waals surface area contributed by atoms with E-state index in [1.54, 1.807) is 0 Å². The third kappa shape index (κ3) is 3.66. The van der Waals surface area contributed by atoms with E-state index in [4.69, 9.17) is 23.1 Å². The Kier molecular flexibility index (Phi) is 4.97. The van der Waals surface area contributed by atoms with Crippen molar-refractivity contribution in [2.75, 3.05) is 23.7 Å². The van der Waals surface area contributed by atoms with Crippen molar-refractivity contribution in [2.24, 2.45) is 5.73 Å². The summed E-state index contributed by atoms with van der Waals surface area (Å²) in [6.45, 7) is 1.69. The van der Waals surface area contributed by atoms with Crippen LogP contribution in [-0.2, 0) is 6.42 Å². The van der Waals surface area contributed by atoms with Crippen LogP contribution in [-0.4, -0.2) is 34.9 Å². The molecule has 0 aliphatic carbocycles.